The molecule has 0 aliphatic rings. The fourth-order valence-corrected chi connectivity index (χ4v) is 2.46. The molecule has 2 amide bonds. The predicted octanol–water partition coefficient (Wildman–Crippen LogP) is 3.00. The van der Waals surface area contributed by atoms with Crippen molar-refractivity contribution in [2.24, 2.45) is 0 Å². The molecule has 0 spiro atoms. The molecule has 1 atom stereocenters. The van der Waals surface area contributed by atoms with Gasteiger partial charge in [0.1, 0.15) is 5.01 Å². The van der Waals surface area contributed by atoms with Crippen molar-refractivity contribution in [2.75, 3.05) is 11.1 Å². The number of benzene rings is 1. The Balaban J connectivity index is 1.97. The summed E-state index contributed by atoms with van der Waals surface area (Å²) in [5.41, 5.74) is 6.95. The van der Waals surface area contributed by atoms with Gasteiger partial charge in [-0.15, -0.1) is 11.3 Å². The summed E-state index contributed by atoms with van der Waals surface area (Å²) in [6.45, 7) is 2.01. The van der Waals surface area contributed by atoms with Crippen LogP contribution < -0.4 is 16.4 Å². The monoisotopic (exact) mass is 276 g/mol. The molecule has 0 saturated heterocycles. The lowest BCUT2D eigenvalue weighted by Crippen LogP contribution is -2.32. The Hall–Kier alpha value is -2.08. The highest BCUT2D eigenvalue weighted by atomic mass is 32.1. The van der Waals surface area contributed by atoms with Crippen molar-refractivity contribution in [3.8, 4) is 0 Å². The van der Waals surface area contributed by atoms with Gasteiger partial charge in [0.25, 0.3) is 0 Å². The summed E-state index contributed by atoms with van der Waals surface area (Å²) in [5, 5.41) is 8.46. The highest BCUT2D eigenvalue weighted by molar-refractivity contribution is 7.09. The van der Waals surface area contributed by atoms with E-state index in [4.69, 9.17) is 5.73 Å². The fraction of sp³-hybridized carbons (Fsp3) is 0.231. The Morgan fingerprint density at radius 1 is 1.53 bits per heavy atom. The number of urea groups is 1. The van der Waals surface area contributed by atoms with Crippen LogP contribution in [0.1, 0.15) is 24.4 Å². The molecule has 2 aromatic rings. The summed E-state index contributed by atoms with van der Waals surface area (Å²) in [5.74, 6) is 0. The van der Waals surface area contributed by atoms with Crippen molar-refractivity contribution in [1.29, 1.82) is 0 Å². The first kappa shape index (κ1) is 13.4. The van der Waals surface area contributed by atoms with Gasteiger partial charge < -0.3 is 16.4 Å². The van der Waals surface area contributed by atoms with Crippen LogP contribution in [0.15, 0.2) is 35.8 Å². The number of nitrogen functional groups attached to an aromatic ring is 1. The highest BCUT2D eigenvalue weighted by Crippen LogP contribution is 2.19. The number of hydrogen-bond donors (Lipinski definition) is 3. The van der Waals surface area contributed by atoms with Crippen molar-refractivity contribution >= 4 is 28.7 Å². The van der Waals surface area contributed by atoms with Crippen LogP contribution in [-0.2, 0) is 0 Å². The minimum atomic E-state index is -0.257. The largest absolute Gasteiger partial charge is 0.399 e. The topological polar surface area (TPSA) is 80.0 Å². The number of aromatic nitrogens is 1. The van der Waals surface area contributed by atoms with Crippen LogP contribution in [0.25, 0.3) is 0 Å². The maximum atomic E-state index is 11.9. The molecular weight excluding hydrogens is 260 g/mol. The average Bonchev–Trinajstić information content (AvgIpc) is 2.89. The van der Waals surface area contributed by atoms with Gasteiger partial charge in [-0.25, -0.2) is 9.78 Å². The molecule has 5 nitrogen and oxygen atoms in total. The summed E-state index contributed by atoms with van der Waals surface area (Å²) in [7, 11) is 0. The lowest BCUT2D eigenvalue weighted by atomic mass is 10.2. The molecule has 0 saturated carbocycles. The van der Waals surface area contributed by atoms with Gasteiger partial charge in [-0.1, -0.05) is 13.0 Å². The van der Waals surface area contributed by atoms with Crippen molar-refractivity contribution in [3.05, 3.63) is 40.8 Å². The molecule has 100 valence electrons. The Morgan fingerprint density at radius 2 is 2.37 bits per heavy atom. The van der Waals surface area contributed by atoms with Crippen LogP contribution in [0, 0.1) is 0 Å². The molecule has 1 aromatic carbocycles. The summed E-state index contributed by atoms with van der Waals surface area (Å²) < 4.78 is 0. The third-order valence-corrected chi connectivity index (χ3v) is 3.50. The molecule has 2 rings (SSSR count). The number of nitrogens with two attached hydrogens (primary N) is 1. The summed E-state index contributed by atoms with van der Waals surface area (Å²) >= 11 is 1.53. The molecule has 1 heterocycles. The zero-order valence-corrected chi connectivity index (χ0v) is 11.4. The maximum Gasteiger partial charge on any atom is 0.319 e. The first-order valence-electron chi connectivity index (χ1n) is 6.01. The molecule has 4 N–H and O–H groups in total. The van der Waals surface area contributed by atoms with Crippen LogP contribution in [0.5, 0.6) is 0 Å². The van der Waals surface area contributed by atoms with Crippen molar-refractivity contribution in [1.82, 2.24) is 10.3 Å². The van der Waals surface area contributed by atoms with Crippen molar-refractivity contribution < 1.29 is 4.79 Å². The molecular formula is C13H16N4OS. The first-order chi connectivity index (χ1) is 9.19. The van der Waals surface area contributed by atoms with Gasteiger partial charge >= 0.3 is 6.03 Å². The Kier molecular flexibility index (Phi) is 4.35. The van der Waals surface area contributed by atoms with Gasteiger partial charge in [0.2, 0.25) is 0 Å². The zero-order chi connectivity index (χ0) is 13.7. The lowest BCUT2D eigenvalue weighted by Gasteiger charge is -2.15. The molecule has 0 aliphatic carbocycles. The third-order valence-electron chi connectivity index (χ3n) is 2.61. The van der Waals surface area contributed by atoms with E-state index in [9.17, 15) is 4.79 Å². The molecule has 6 heteroatoms. The maximum absolute atomic E-state index is 11.9. The Morgan fingerprint density at radius 3 is 3.00 bits per heavy atom. The van der Waals surface area contributed by atoms with Gasteiger partial charge in [-0.2, -0.15) is 0 Å². The molecule has 1 aromatic heterocycles. The number of carbonyl (C=O) groups is 1. The SMILES string of the molecule is CCC(NC(=O)Nc1cccc(N)c1)c1nccs1. The lowest BCUT2D eigenvalue weighted by molar-refractivity contribution is 0.248. The van der Waals surface area contributed by atoms with E-state index in [0.717, 1.165) is 11.4 Å². The second-order valence-corrected chi connectivity index (χ2v) is 4.98. The van der Waals surface area contributed by atoms with Crippen molar-refractivity contribution in [2.45, 2.75) is 19.4 Å². The van der Waals surface area contributed by atoms with Crippen LogP contribution in [-0.4, -0.2) is 11.0 Å². The number of carbonyl (C=O) groups excluding carboxylic acids is 1. The number of rotatable bonds is 4. The van der Waals surface area contributed by atoms with Crippen LogP contribution in [0.4, 0.5) is 16.2 Å². The number of hydrogen-bond acceptors (Lipinski definition) is 4. The van der Waals surface area contributed by atoms with E-state index in [1.165, 1.54) is 11.3 Å². The van der Waals surface area contributed by atoms with Gasteiger partial charge in [0.05, 0.1) is 6.04 Å². The second kappa shape index (κ2) is 6.19. The smallest absolute Gasteiger partial charge is 0.319 e. The third kappa shape index (κ3) is 3.69. The van der Waals surface area contributed by atoms with Gasteiger partial charge in [-0.05, 0) is 24.6 Å². The van der Waals surface area contributed by atoms with E-state index in [0.29, 0.717) is 11.4 Å². The summed E-state index contributed by atoms with van der Waals surface area (Å²) in [6, 6.07) is 6.74. The first-order valence-corrected chi connectivity index (χ1v) is 6.89. The standard InChI is InChI=1S/C13H16N4OS/c1-2-11(12-15-6-7-19-12)17-13(18)16-10-5-3-4-9(14)8-10/h3-8,11H,2,14H2,1H3,(H2,16,17,18). The van der Waals surface area contributed by atoms with E-state index in [1.807, 2.05) is 12.3 Å². The van der Waals surface area contributed by atoms with Crippen molar-refractivity contribution in [3.63, 3.8) is 0 Å². The van der Waals surface area contributed by atoms with Gasteiger partial charge in [0.15, 0.2) is 0 Å². The van der Waals surface area contributed by atoms with E-state index >= 15 is 0 Å². The minimum Gasteiger partial charge on any atom is -0.399 e. The number of anilines is 2. The number of thiazole rings is 1. The normalized spacial score (nSPS) is 11.8. The second-order valence-electron chi connectivity index (χ2n) is 4.06. The van der Waals surface area contributed by atoms with E-state index in [2.05, 4.69) is 15.6 Å². The summed E-state index contributed by atoms with van der Waals surface area (Å²) in [6.07, 6.45) is 2.53. The minimum absolute atomic E-state index is 0.0685. The zero-order valence-electron chi connectivity index (χ0n) is 10.6. The van der Waals surface area contributed by atoms with Crippen LogP contribution in [0.3, 0.4) is 0 Å². The molecule has 0 aliphatic heterocycles. The van der Waals surface area contributed by atoms with E-state index < -0.39 is 0 Å². The van der Waals surface area contributed by atoms with Gasteiger partial charge in [0, 0.05) is 23.0 Å². The molecule has 0 fully saturated rings. The van der Waals surface area contributed by atoms with Crippen LogP contribution in [0.2, 0.25) is 0 Å². The Bertz CT molecular complexity index is 541. The average molecular weight is 276 g/mol. The molecule has 0 radical (unpaired) electrons. The van der Waals surface area contributed by atoms with E-state index in [-0.39, 0.29) is 12.1 Å². The molecule has 19 heavy (non-hydrogen) atoms. The number of nitrogens with one attached hydrogen (secondary N) is 2. The van der Waals surface area contributed by atoms with E-state index in [1.54, 1.807) is 30.5 Å². The Labute approximate surface area is 115 Å². The van der Waals surface area contributed by atoms with Crippen LogP contribution >= 0.6 is 11.3 Å². The predicted molar refractivity (Wildman–Crippen MR) is 78.2 cm³/mol. The van der Waals surface area contributed by atoms with Gasteiger partial charge in [-0.3, -0.25) is 0 Å². The number of nitrogens with zero attached hydrogens (tertiary/aromatic N) is 1. The molecule has 0 bridgehead atoms. The fourth-order valence-electron chi connectivity index (χ4n) is 1.69. The number of amides is 2. The summed E-state index contributed by atoms with van der Waals surface area (Å²) in [4.78, 5) is 16.1. The molecule has 1 unspecified atom stereocenters. The quantitative estimate of drug-likeness (QED) is 0.751. The highest BCUT2D eigenvalue weighted by Gasteiger charge is 2.14.